The molecule has 0 N–H and O–H groups in total. The van der Waals surface area contributed by atoms with Gasteiger partial charge in [-0.05, 0) is 141 Å². The zero-order valence-electron chi connectivity index (χ0n) is 36.1. The molecule has 0 radical (unpaired) electrons. The van der Waals surface area contributed by atoms with Crippen LogP contribution in [0.3, 0.4) is 0 Å². The van der Waals surface area contributed by atoms with Gasteiger partial charge in [0.15, 0.2) is 0 Å². The molecule has 66 heavy (non-hydrogen) atoms. The van der Waals surface area contributed by atoms with E-state index in [0.29, 0.717) is 0 Å². The third kappa shape index (κ3) is 5.84. The lowest BCUT2D eigenvalue weighted by Gasteiger charge is -2.30. The van der Waals surface area contributed by atoms with Gasteiger partial charge in [0, 0.05) is 50.6 Å². The highest BCUT2D eigenvalue weighted by molar-refractivity contribution is 6.03. The third-order valence-electron chi connectivity index (χ3n) is 13.7. The van der Waals surface area contributed by atoms with E-state index in [1.807, 2.05) is 0 Å². The van der Waals surface area contributed by atoms with Crippen molar-refractivity contribution >= 4 is 45.1 Å². The van der Waals surface area contributed by atoms with Gasteiger partial charge in [0.05, 0.1) is 5.41 Å². The summed E-state index contributed by atoms with van der Waals surface area (Å²) < 4.78 is 7.01. The normalized spacial score (nSPS) is 14.1. The van der Waals surface area contributed by atoms with Crippen molar-refractivity contribution in [2.75, 3.05) is 9.80 Å². The summed E-state index contributed by atoms with van der Waals surface area (Å²) in [5.41, 5.74) is 20.4. The topological polar surface area (TPSA) is 19.6 Å². The quantitative estimate of drug-likeness (QED) is 0.152. The SMILES string of the molecule is c1ccc(N(c2ccccc2)c2ccc(-c3ccc4c(c3)-c3oc5ccccc5c3C43c4ccccc4-c4ccc(-c5ccc(N(c6ccccc6)c6ccccc6)cc5)cc43)cc2)cc1. The van der Waals surface area contributed by atoms with E-state index in [-0.39, 0.29) is 0 Å². The number of fused-ring (bicyclic) bond motifs is 12. The van der Waals surface area contributed by atoms with E-state index in [1.54, 1.807) is 0 Å². The molecule has 0 aliphatic heterocycles. The molecule has 0 saturated heterocycles. The van der Waals surface area contributed by atoms with Crippen LogP contribution in [0.15, 0.2) is 259 Å². The average Bonchev–Trinajstić information content (AvgIpc) is 4.01. The second-order valence-electron chi connectivity index (χ2n) is 17.2. The lowest BCUT2D eigenvalue weighted by molar-refractivity contribution is 0.628. The van der Waals surface area contributed by atoms with Crippen molar-refractivity contribution < 1.29 is 4.42 Å². The molecule has 3 heteroatoms. The molecule has 1 atom stereocenters. The minimum atomic E-state index is -0.579. The smallest absolute Gasteiger partial charge is 0.140 e. The van der Waals surface area contributed by atoms with Gasteiger partial charge >= 0.3 is 0 Å². The van der Waals surface area contributed by atoms with Crippen LogP contribution in [0.1, 0.15) is 22.3 Å². The lowest BCUT2D eigenvalue weighted by Crippen LogP contribution is -2.25. The molecular weight excluding hydrogens is 801 g/mol. The van der Waals surface area contributed by atoms with Crippen LogP contribution in [-0.2, 0) is 5.41 Å². The molecule has 2 aliphatic rings. The van der Waals surface area contributed by atoms with Crippen LogP contribution < -0.4 is 9.80 Å². The van der Waals surface area contributed by atoms with Gasteiger partial charge < -0.3 is 14.2 Å². The van der Waals surface area contributed by atoms with E-state index in [1.165, 1.54) is 44.5 Å². The van der Waals surface area contributed by atoms with E-state index >= 15 is 0 Å². The summed E-state index contributed by atoms with van der Waals surface area (Å²) in [5.74, 6) is 0.948. The van der Waals surface area contributed by atoms with Crippen LogP contribution in [0.2, 0.25) is 0 Å². The van der Waals surface area contributed by atoms with Crippen LogP contribution >= 0.6 is 0 Å². The first-order valence-corrected chi connectivity index (χ1v) is 22.7. The van der Waals surface area contributed by atoms with Gasteiger partial charge in [-0.15, -0.1) is 0 Å². The number of hydrogen-bond acceptors (Lipinski definition) is 3. The van der Waals surface area contributed by atoms with E-state index < -0.39 is 5.41 Å². The summed E-state index contributed by atoms with van der Waals surface area (Å²) >= 11 is 0. The zero-order valence-corrected chi connectivity index (χ0v) is 36.1. The Morgan fingerprint density at radius 3 is 1.26 bits per heavy atom. The molecule has 1 aromatic heterocycles. The lowest BCUT2D eigenvalue weighted by atomic mass is 9.69. The van der Waals surface area contributed by atoms with Crippen molar-refractivity contribution in [2.45, 2.75) is 5.41 Å². The fourth-order valence-electron chi connectivity index (χ4n) is 10.8. The highest BCUT2D eigenvalue weighted by Gasteiger charge is 2.54. The number of hydrogen-bond donors (Lipinski definition) is 0. The van der Waals surface area contributed by atoms with Gasteiger partial charge in [0.2, 0.25) is 0 Å². The molecule has 11 aromatic rings. The first kappa shape index (κ1) is 37.9. The van der Waals surface area contributed by atoms with Crippen molar-refractivity contribution in [2.24, 2.45) is 0 Å². The summed E-state index contributed by atoms with van der Waals surface area (Å²) in [6.07, 6.45) is 0. The van der Waals surface area contributed by atoms with Gasteiger partial charge in [-0.25, -0.2) is 0 Å². The van der Waals surface area contributed by atoms with Crippen LogP contribution in [0.4, 0.5) is 34.1 Å². The maximum Gasteiger partial charge on any atom is 0.140 e. The Labute approximate surface area is 384 Å². The molecule has 0 bridgehead atoms. The Morgan fingerprint density at radius 1 is 0.288 bits per heavy atom. The van der Waals surface area contributed by atoms with E-state index in [4.69, 9.17) is 4.42 Å². The standard InChI is InChI=1S/C63H42N2O/c1-5-17-47(18-6-1)64(48-19-7-2-8-20-48)51-35-29-43(30-36-51)45-34-40-58-56(41-45)62-61(55-26-14-16-28-60(55)66-62)63(58)57-27-15-13-25-53(57)54-39-33-46(42-59(54)63)44-31-37-52(38-32-44)65(49-21-9-3-10-22-49)50-23-11-4-12-24-50/h1-42H. The fraction of sp³-hybridized carbons (Fsp3) is 0.0159. The van der Waals surface area contributed by atoms with Gasteiger partial charge in [0.1, 0.15) is 11.3 Å². The largest absolute Gasteiger partial charge is 0.456 e. The van der Waals surface area contributed by atoms with Crippen molar-refractivity contribution in [3.8, 4) is 44.7 Å². The Bertz CT molecular complexity index is 3490. The second kappa shape index (κ2) is 15.3. The molecule has 0 amide bonds. The number of rotatable bonds is 8. The number of nitrogens with zero attached hydrogens (tertiary/aromatic N) is 2. The summed E-state index contributed by atoms with van der Waals surface area (Å²) in [5, 5.41) is 1.15. The second-order valence-corrected chi connectivity index (χ2v) is 17.2. The Balaban J connectivity index is 0.943. The molecule has 1 unspecified atom stereocenters. The van der Waals surface area contributed by atoms with E-state index in [0.717, 1.165) is 67.5 Å². The highest BCUT2D eigenvalue weighted by Crippen LogP contribution is 2.65. The van der Waals surface area contributed by atoms with Gasteiger partial charge in [0.25, 0.3) is 0 Å². The number of furan rings is 1. The molecule has 310 valence electrons. The monoisotopic (exact) mass is 842 g/mol. The van der Waals surface area contributed by atoms with Crippen molar-refractivity contribution in [3.05, 3.63) is 277 Å². The first-order valence-electron chi connectivity index (χ1n) is 22.7. The Kier molecular flexibility index (Phi) is 8.75. The minimum absolute atomic E-state index is 0.579. The maximum absolute atomic E-state index is 7.01. The Hall–Kier alpha value is -8.66. The molecule has 0 saturated carbocycles. The summed E-state index contributed by atoms with van der Waals surface area (Å²) in [7, 11) is 0. The summed E-state index contributed by atoms with van der Waals surface area (Å²) in [6, 6.07) is 92.0. The fourth-order valence-corrected chi connectivity index (χ4v) is 10.8. The molecular formula is C63H42N2O. The third-order valence-corrected chi connectivity index (χ3v) is 13.7. The maximum atomic E-state index is 7.01. The van der Waals surface area contributed by atoms with Crippen molar-refractivity contribution in [1.29, 1.82) is 0 Å². The molecule has 13 rings (SSSR count). The predicted octanol–water partition coefficient (Wildman–Crippen LogP) is 17.0. The van der Waals surface area contributed by atoms with Crippen molar-refractivity contribution in [3.63, 3.8) is 0 Å². The minimum Gasteiger partial charge on any atom is -0.456 e. The van der Waals surface area contributed by atoms with Crippen molar-refractivity contribution in [1.82, 2.24) is 0 Å². The predicted molar refractivity (Wildman–Crippen MR) is 273 cm³/mol. The Morgan fingerprint density at radius 2 is 0.697 bits per heavy atom. The average molecular weight is 843 g/mol. The van der Waals surface area contributed by atoms with Gasteiger partial charge in [-0.1, -0.05) is 164 Å². The van der Waals surface area contributed by atoms with E-state index in [9.17, 15) is 0 Å². The molecule has 10 aromatic carbocycles. The number of anilines is 6. The van der Waals surface area contributed by atoms with Gasteiger partial charge in [-0.3, -0.25) is 0 Å². The highest BCUT2D eigenvalue weighted by atomic mass is 16.3. The molecule has 2 aliphatic carbocycles. The van der Waals surface area contributed by atoms with Gasteiger partial charge in [-0.2, -0.15) is 0 Å². The van der Waals surface area contributed by atoms with Crippen LogP contribution in [0.25, 0.3) is 55.7 Å². The van der Waals surface area contributed by atoms with Crippen LogP contribution in [-0.4, -0.2) is 0 Å². The number of para-hydroxylation sites is 5. The zero-order chi connectivity index (χ0) is 43.6. The first-order chi connectivity index (χ1) is 32.7. The number of benzene rings is 10. The van der Waals surface area contributed by atoms with E-state index in [2.05, 4.69) is 265 Å². The summed E-state index contributed by atoms with van der Waals surface area (Å²) in [4.78, 5) is 4.62. The molecule has 0 fully saturated rings. The molecule has 1 heterocycles. The molecule has 1 spiro atoms. The van der Waals surface area contributed by atoms with Crippen LogP contribution in [0.5, 0.6) is 0 Å². The summed E-state index contributed by atoms with van der Waals surface area (Å²) in [6.45, 7) is 0. The van der Waals surface area contributed by atoms with Crippen LogP contribution in [0, 0.1) is 0 Å². The molecule has 3 nitrogen and oxygen atoms in total.